The summed E-state index contributed by atoms with van der Waals surface area (Å²) in [5.74, 6) is -0.998. The molecule has 0 bridgehead atoms. The van der Waals surface area contributed by atoms with Gasteiger partial charge in [0.25, 0.3) is 10.1 Å². The largest absolute Gasteiger partial charge is 0.387 e. The van der Waals surface area contributed by atoms with Gasteiger partial charge in [-0.05, 0) is 57.8 Å². The molecule has 0 aliphatic heterocycles. The molecule has 0 spiro atoms. The van der Waals surface area contributed by atoms with Crippen molar-refractivity contribution in [3.63, 3.8) is 0 Å². The zero-order valence-electron chi connectivity index (χ0n) is 28.3. The van der Waals surface area contributed by atoms with E-state index in [-0.39, 0.29) is 12.3 Å². The molecule has 0 aromatic carbocycles. The predicted octanol–water partition coefficient (Wildman–Crippen LogP) is 9.96. The summed E-state index contributed by atoms with van der Waals surface area (Å²) in [6, 6.07) is -1.06. The molecule has 0 aliphatic rings. The molecule has 0 radical (unpaired) electrons. The van der Waals surface area contributed by atoms with Gasteiger partial charge in [0.1, 0.15) is 0 Å². The highest BCUT2D eigenvalue weighted by atomic mass is 32.2. The first-order valence-corrected chi connectivity index (χ1v) is 19.4. The second-order valence-corrected chi connectivity index (χ2v) is 13.6. The van der Waals surface area contributed by atoms with Crippen LogP contribution in [-0.4, -0.2) is 41.9 Å². The van der Waals surface area contributed by atoms with Gasteiger partial charge in [-0.25, -0.2) is 0 Å². The molecule has 0 saturated heterocycles. The average Bonchev–Trinajstić information content (AvgIpc) is 2.98. The highest BCUT2D eigenvalue weighted by Crippen LogP contribution is 2.12. The van der Waals surface area contributed by atoms with E-state index in [0.717, 1.165) is 77.0 Å². The summed E-state index contributed by atoms with van der Waals surface area (Å²) in [4.78, 5) is 12.4. The molecule has 0 aromatic heterocycles. The molecule has 0 aliphatic carbocycles. The minimum atomic E-state index is -4.33. The van der Waals surface area contributed by atoms with Crippen LogP contribution in [0.2, 0.25) is 0 Å². The van der Waals surface area contributed by atoms with E-state index < -0.39 is 28.0 Å². The molecule has 44 heavy (non-hydrogen) atoms. The van der Waals surface area contributed by atoms with Crippen molar-refractivity contribution in [2.24, 2.45) is 0 Å². The monoisotopic (exact) mass is 637 g/mol. The first-order valence-electron chi connectivity index (χ1n) is 17.8. The highest BCUT2D eigenvalue weighted by molar-refractivity contribution is 7.85. The van der Waals surface area contributed by atoms with Gasteiger partial charge in [0, 0.05) is 6.42 Å². The standard InChI is InChI=1S/C37H67NO5S/c1-3-5-7-9-11-12-13-14-15-16-17-18-19-20-21-22-23-24-25-26-27-29-31-33-37(40)38-35(34-44(41,42)43)36(39)32-30-28-10-8-6-4-2/h13-14,16-17,19-20,30,32,35-36,39H,3-12,15,18,21-29,31,33-34H2,1-2H3,(H,38,40)(H,41,42,43)/b14-13-,17-16-,20-19-,32-30+. The van der Waals surface area contributed by atoms with Crippen LogP contribution in [0.5, 0.6) is 0 Å². The highest BCUT2D eigenvalue weighted by Gasteiger charge is 2.24. The Bertz CT molecular complexity index is 878. The first kappa shape index (κ1) is 42.3. The van der Waals surface area contributed by atoms with Crippen molar-refractivity contribution >= 4 is 16.0 Å². The van der Waals surface area contributed by atoms with E-state index in [1.807, 2.05) is 6.08 Å². The number of carbonyl (C=O) groups is 1. The SMILES string of the molecule is CCCCCC/C=C/C(O)C(CS(=O)(=O)O)NC(=O)CCCCCCCCCC/C=C\C/C=C\C/C=C\CCCCCCC. The van der Waals surface area contributed by atoms with Crippen LogP contribution in [0.1, 0.15) is 162 Å². The fourth-order valence-electron chi connectivity index (χ4n) is 5.04. The molecule has 0 saturated carbocycles. The molecule has 2 unspecified atom stereocenters. The van der Waals surface area contributed by atoms with Gasteiger partial charge in [-0.1, -0.05) is 146 Å². The van der Waals surface area contributed by atoms with Crippen molar-refractivity contribution in [3.8, 4) is 0 Å². The summed E-state index contributed by atoms with van der Waals surface area (Å²) >= 11 is 0. The zero-order valence-corrected chi connectivity index (χ0v) is 29.1. The van der Waals surface area contributed by atoms with Crippen molar-refractivity contribution in [2.75, 3.05) is 5.75 Å². The van der Waals surface area contributed by atoms with Crippen LogP contribution in [0.25, 0.3) is 0 Å². The third-order valence-electron chi connectivity index (χ3n) is 7.75. The van der Waals surface area contributed by atoms with Gasteiger partial charge in [0.15, 0.2) is 0 Å². The smallest absolute Gasteiger partial charge is 0.267 e. The molecule has 6 nitrogen and oxygen atoms in total. The Hall–Kier alpha value is -1.70. The Morgan fingerprint density at radius 1 is 0.614 bits per heavy atom. The number of carbonyl (C=O) groups excluding carboxylic acids is 1. The van der Waals surface area contributed by atoms with Gasteiger partial charge in [0.2, 0.25) is 5.91 Å². The molecule has 7 heteroatoms. The summed E-state index contributed by atoms with van der Waals surface area (Å²) in [7, 11) is -4.33. The van der Waals surface area contributed by atoms with Gasteiger partial charge in [-0.15, -0.1) is 0 Å². The number of amides is 1. The Morgan fingerprint density at radius 3 is 1.52 bits per heavy atom. The van der Waals surface area contributed by atoms with Crippen LogP contribution in [0.4, 0.5) is 0 Å². The number of allylic oxidation sites excluding steroid dienone is 7. The molecule has 2 atom stereocenters. The Balaban J connectivity index is 3.83. The van der Waals surface area contributed by atoms with Crippen LogP contribution in [0.15, 0.2) is 48.6 Å². The summed E-state index contributed by atoms with van der Waals surface area (Å²) in [5.41, 5.74) is 0. The van der Waals surface area contributed by atoms with Crippen LogP contribution in [-0.2, 0) is 14.9 Å². The quantitative estimate of drug-likeness (QED) is 0.0399. The number of aliphatic hydroxyl groups excluding tert-OH is 1. The fraction of sp³-hybridized carbons (Fsp3) is 0.757. The number of hydrogen-bond acceptors (Lipinski definition) is 4. The maximum absolute atomic E-state index is 12.4. The van der Waals surface area contributed by atoms with E-state index in [9.17, 15) is 22.9 Å². The predicted molar refractivity (Wildman–Crippen MR) is 188 cm³/mol. The van der Waals surface area contributed by atoms with Crippen molar-refractivity contribution in [1.29, 1.82) is 0 Å². The maximum atomic E-state index is 12.4. The van der Waals surface area contributed by atoms with Crippen LogP contribution in [0.3, 0.4) is 0 Å². The van der Waals surface area contributed by atoms with E-state index in [1.165, 1.54) is 70.3 Å². The van der Waals surface area contributed by atoms with Crippen molar-refractivity contribution in [2.45, 2.75) is 174 Å². The number of hydrogen-bond donors (Lipinski definition) is 3. The van der Waals surface area contributed by atoms with Gasteiger partial charge in [-0.2, -0.15) is 8.42 Å². The average molecular weight is 638 g/mol. The van der Waals surface area contributed by atoms with Crippen LogP contribution in [0, 0.1) is 0 Å². The van der Waals surface area contributed by atoms with E-state index in [2.05, 4.69) is 55.6 Å². The maximum Gasteiger partial charge on any atom is 0.267 e. The van der Waals surface area contributed by atoms with Crippen molar-refractivity contribution in [3.05, 3.63) is 48.6 Å². The Morgan fingerprint density at radius 2 is 1.02 bits per heavy atom. The van der Waals surface area contributed by atoms with Gasteiger partial charge in [0.05, 0.1) is 17.9 Å². The molecular formula is C37H67NO5S. The fourth-order valence-corrected chi connectivity index (χ4v) is 5.78. The second-order valence-electron chi connectivity index (χ2n) is 12.1. The first-order chi connectivity index (χ1) is 21.3. The zero-order chi connectivity index (χ0) is 32.6. The number of nitrogens with one attached hydrogen (secondary N) is 1. The molecule has 0 fully saturated rings. The van der Waals surface area contributed by atoms with E-state index >= 15 is 0 Å². The summed E-state index contributed by atoms with van der Waals surface area (Å²) in [6.07, 6.45) is 41.3. The lowest BCUT2D eigenvalue weighted by atomic mass is 10.1. The molecule has 0 rings (SSSR count). The molecule has 0 heterocycles. The minimum absolute atomic E-state index is 0.285. The summed E-state index contributed by atoms with van der Waals surface area (Å²) < 4.78 is 32.1. The Kier molecular flexibility index (Phi) is 30.1. The van der Waals surface area contributed by atoms with Gasteiger partial charge < -0.3 is 10.4 Å². The normalized spacial score (nSPS) is 14.0. The third-order valence-corrected chi connectivity index (χ3v) is 8.53. The van der Waals surface area contributed by atoms with Crippen molar-refractivity contribution in [1.82, 2.24) is 5.32 Å². The number of rotatable bonds is 31. The topological polar surface area (TPSA) is 104 Å². The van der Waals surface area contributed by atoms with Crippen LogP contribution >= 0.6 is 0 Å². The molecule has 1 amide bonds. The van der Waals surface area contributed by atoms with Crippen molar-refractivity contribution < 1.29 is 22.9 Å². The lowest BCUT2D eigenvalue weighted by Gasteiger charge is -2.21. The molecule has 256 valence electrons. The molecule has 3 N–H and O–H groups in total. The van der Waals surface area contributed by atoms with Crippen LogP contribution < -0.4 is 5.32 Å². The minimum Gasteiger partial charge on any atom is -0.387 e. The lowest BCUT2D eigenvalue weighted by Crippen LogP contribution is -2.46. The molecular weight excluding hydrogens is 570 g/mol. The van der Waals surface area contributed by atoms with Gasteiger partial charge >= 0.3 is 0 Å². The van der Waals surface area contributed by atoms with E-state index in [1.54, 1.807) is 0 Å². The third kappa shape index (κ3) is 31.7. The lowest BCUT2D eigenvalue weighted by molar-refractivity contribution is -0.122. The summed E-state index contributed by atoms with van der Waals surface area (Å²) in [6.45, 7) is 4.40. The molecule has 0 aromatic rings. The number of aliphatic hydroxyl groups is 1. The summed E-state index contributed by atoms with van der Waals surface area (Å²) in [5, 5.41) is 13.0. The number of unbranched alkanes of at least 4 members (excludes halogenated alkanes) is 17. The van der Waals surface area contributed by atoms with E-state index in [4.69, 9.17) is 0 Å². The second kappa shape index (κ2) is 31.3. The van der Waals surface area contributed by atoms with Gasteiger partial charge in [-0.3, -0.25) is 9.35 Å². The Labute approximate surface area is 271 Å². The van der Waals surface area contributed by atoms with E-state index in [0.29, 0.717) is 0 Å².